The Labute approximate surface area is 255 Å². The second-order valence-electron chi connectivity index (χ2n) is 7.89. The van der Waals surface area contributed by atoms with Crippen LogP contribution in [0, 0.1) is 0 Å². The smallest absolute Gasteiger partial charge is 0.229 e. The minimum Gasteiger partial charge on any atom is -0.412 e. The molecule has 0 spiro atoms. The Morgan fingerprint density at radius 2 is 1.00 bits per heavy atom. The van der Waals surface area contributed by atoms with Gasteiger partial charge < -0.3 is 41.4 Å². The molecular weight excluding hydrogens is 570 g/mol. The standard InChI is InChI=1S/C9H18N2O4.2C5H7NO2.C4H11NO2.2C2H6.H2O/c1-10-8(14)2-3-9(15)11(4-6-12)5-7-13;2*1-6-4(7)2-3-5(6)8;6-3-1-5-2-4-7;2*1-2;/h12-13H,2-7H2,1H3,(H,10,14);2*2-3H2,1H3;5-7H,1-4H2;2*1-2H3;1H2. The van der Waals surface area contributed by atoms with Crippen LogP contribution in [0.3, 0.4) is 0 Å². The van der Waals surface area contributed by atoms with Crippen LogP contribution in [0.2, 0.25) is 0 Å². The Hall–Kier alpha value is -3.02. The van der Waals surface area contributed by atoms with Gasteiger partial charge in [0.15, 0.2) is 0 Å². The molecule has 0 aromatic heterocycles. The van der Waals surface area contributed by atoms with Crippen molar-refractivity contribution in [2.75, 3.05) is 73.7 Å². The van der Waals surface area contributed by atoms with Crippen molar-refractivity contribution in [2.24, 2.45) is 0 Å². The molecule has 8 N–H and O–H groups in total. The van der Waals surface area contributed by atoms with E-state index in [0.717, 1.165) is 0 Å². The lowest BCUT2D eigenvalue weighted by molar-refractivity contribution is -0.138. The molecule has 0 atom stereocenters. The molecule has 2 fully saturated rings. The Morgan fingerprint density at radius 3 is 1.21 bits per heavy atom. The van der Waals surface area contributed by atoms with Crippen molar-refractivity contribution >= 4 is 35.4 Å². The molecule has 256 valence electrons. The van der Waals surface area contributed by atoms with Gasteiger partial charge in [-0.2, -0.15) is 0 Å². The zero-order chi connectivity index (χ0) is 33.5. The number of nitrogens with one attached hydrogen (secondary N) is 2. The van der Waals surface area contributed by atoms with Gasteiger partial charge in [-0.05, 0) is 0 Å². The third-order valence-electron chi connectivity index (χ3n) is 5.12. The van der Waals surface area contributed by atoms with E-state index in [4.69, 9.17) is 20.4 Å². The van der Waals surface area contributed by atoms with Gasteiger partial charge >= 0.3 is 0 Å². The normalized spacial score (nSPS) is 12.8. The first kappa shape index (κ1) is 49.6. The SMILES string of the molecule is CC.CC.CN1C(=O)CCC1=O.CN1C(=O)CCC1=O.CNC(=O)CCC(=O)N(CCO)CCO.O.OCCNCCO. The lowest BCUT2D eigenvalue weighted by Crippen LogP contribution is -2.36. The number of aliphatic hydroxyl groups is 4. The summed E-state index contributed by atoms with van der Waals surface area (Å²) in [6.07, 6.45) is 1.82. The Bertz CT molecular complexity index is 679. The van der Waals surface area contributed by atoms with Gasteiger partial charge in [0.25, 0.3) is 0 Å². The van der Waals surface area contributed by atoms with Crippen LogP contribution in [0.25, 0.3) is 0 Å². The number of carbonyl (C=O) groups is 6. The maximum absolute atomic E-state index is 11.5. The second-order valence-corrected chi connectivity index (χ2v) is 7.89. The number of carbonyl (C=O) groups excluding carboxylic acids is 6. The van der Waals surface area contributed by atoms with E-state index in [0.29, 0.717) is 38.8 Å². The molecule has 0 aromatic rings. The maximum atomic E-state index is 11.5. The highest BCUT2D eigenvalue weighted by molar-refractivity contribution is 6.02. The molecule has 16 heteroatoms. The van der Waals surface area contributed by atoms with Crippen molar-refractivity contribution in [3.63, 3.8) is 0 Å². The molecule has 0 bridgehead atoms. The van der Waals surface area contributed by atoms with Crippen LogP contribution in [0.1, 0.15) is 66.2 Å². The van der Waals surface area contributed by atoms with E-state index in [1.54, 1.807) is 0 Å². The number of likely N-dealkylation sites (tertiary alicyclic amines) is 2. The molecule has 6 amide bonds. The van der Waals surface area contributed by atoms with Crippen molar-refractivity contribution in [3.05, 3.63) is 0 Å². The fraction of sp³-hybridized carbons (Fsp3) is 0.778. The van der Waals surface area contributed by atoms with Crippen LogP contribution in [0.4, 0.5) is 0 Å². The number of nitrogens with zero attached hydrogens (tertiary/aromatic N) is 3. The lowest BCUT2D eigenvalue weighted by atomic mass is 10.2. The fourth-order valence-corrected chi connectivity index (χ4v) is 2.77. The Kier molecular flexibility index (Phi) is 40.6. The highest BCUT2D eigenvalue weighted by Gasteiger charge is 2.24. The monoisotopic (exact) mass is 627 g/mol. The minimum atomic E-state index is -0.235. The van der Waals surface area contributed by atoms with Crippen LogP contribution >= 0.6 is 0 Å². The zero-order valence-corrected chi connectivity index (χ0v) is 27.0. The van der Waals surface area contributed by atoms with Crippen molar-refractivity contribution in [2.45, 2.75) is 66.2 Å². The van der Waals surface area contributed by atoms with Crippen molar-refractivity contribution in [1.29, 1.82) is 0 Å². The second kappa shape index (κ2) is 35.2. The maximum Gasteiger partial charge on any atom is 0.229 e. The van der Waals surface area contributed by atoms with Crippen molar-refractivity contribution < 1.29 is 54.7 Å². The van der Waals surface area contributed by atoms with E-state index >= 15 is 0 Å². The molecule has 16 nitrogen and oxygen atoms in total. The highest BCUT2D eigenvalue weighted by Crippen LogP contribution is 2.08. The molecule has 2 rings (SSSR count). The van der Waals surface area contributed by atoms with Gasteiger partial charge in [-0.25, -0.2) is 0 Å². The van der Waals surface area contributed by atoms with Gasteiger partial charge in [0.1, 0.15) is 0 Å². The summed E-state index contributed by atoms with van der Waals surface area (Å²) in [4.78, 5) is 68.0. The van der Waals surface area contributed by atoms with Crippen LogP contribution in [-0.2, 0) is 28.8 Å². The first-order valence-electron chi connectivity index (χ1n) is 14.2. The van der Waals surface area contributed by atoms with Gasteiger partial charge in [0.2, 0.25) is 35.4 Å². The molecule has 2 saturated heterocycles. The largest absolute Gasteiger partial charge is 0.412 e. The average molecular weight is 628 g/mol. The van der Waals surface area contributed by atoms with Gasteiger partial charge in [0, 0.05) is 85.8 Å². The summed E-state index contributed by atoms with van der Waals surface area (Å²) in [5, 5.41) is 38.9. The fourth-order valence-electron chi connectivity index (χ4n) is 2.77. The molecule has 43 heavy (non-hydrogen) atoms. The summed E-state index contributed by atoms with van der Waals surface area (Å²) in [5.74, 6) is -0.673. The van der Waals surface area contributed by atoms with E-state index in [2.05, 4.69) is 10.6 Å². The zero-order valence-electron chi connectivity index (χ0n) is 27.0. The molecule has 0 aliphatic carbocycles. The third-order valence-corrected chi connectivity index (χ3v) is 5.12. The quantitative estimate of drug-likeness (QED) is 0.104. The molecular formula is C27H57N5O11. The summed E-state index contributed by atoms with van der Waals surface area (Å²) < 4.78 is 0. The summed E-state index contributed by atoms with van der Waals surface area (Å²) in [7, 11) is 4.53. The molecule has 0 aromatic carbocycles. The van der Waals surface area contributed by atoms with Gasteiger partial charge in [-0.1, -0.05) is 27.7 Å². The van der Waals surface area contributed by atoms with Crippen LogP contribution in [-0.4, -0.2) is 150 Å². The number of hydrogen-bond acceptors (Lipinski definition) is 11. The Balaban J connectivity index is -0.000000149. The van der Waals surface area contributed by atoms with E-state index in [-0.39, 0.29) is 93.3 Å². The van der Waals surface area contributed by atoms with Gasteiger partial charge in [-0.15, -0.1) is 0 Å². The van der Waals surface area contributed by atoms with Gasteiger partial charge in [0.05, 0.1) is 26.4 Å². The van der Waals surface area contributed by atoms with E-state index in [1.807, 2.05) is 27.7 Å². The molecule has 2 heterocycles. The first-order chi connectivity index (χ1) is 20.0. The number of amides is 6. The summed E-state index contributed by atoms with van der Waals surface area (Å²) in [6, 6.07) is 0. The number of aliphatic hydroxyl groups excluding tert-OH is 4. The van der Waals surface area contributed by atoms with Crippen LogP contribution < -0.4 is 10.6 Å². The number of hydrogen-bond donors (Lipinski definition) is 6. The molecule has 2 aliphatic rings. The molecule has 0 saturated carbocycles. The summed E-state index contributed by atoms with van der Waals surface area (Å²) >= 11 is 0. The summed E-state index contributed by atoms with van der Waals surface area (Å²) in [5.41, 5.74) is 0. The first-order valence-corrected chi connectivity index (χ1v) is 14.2. The van der Waals surface area contributed by atoms with E-state index in [1.165, 1.54) is 35.8 Å². The average Bonchev–Trinajstić information content (AvgIpc) is 3.47. The van der Waals surface area contributed by atoms with Crippen molar-refractivity contribution in [3.8, 4) is 0 Å². The van der Waals surface area contributed by atoms with Crippen molar-refractivity contribution in [1.82, 2.24) is 25.3 Å². The topological polar surface area (TPSA) is 249 Å². The molecule has 2 aliphatic heterocycles. The molecule has 0 unspecified atom stereocenters. The predicted octanol–water partition coefficient (Wildman–Crippen LogP) is -2.36. The number of imide groups is 2. The Morgan fingerprint density at radius 1 is 0.674 bits per heavy atom. The highest BCUT2D eigenvalue weighted by atomic mass is 16.3. The third kappa shape index (κ3) is 27.6. The summed E-state index contributed by atoms with van der Waals surface area (Å²) in [6.45, 7) is 9.50. The van der Waals surface area contributed by atoms with Crippen LogP contribution in [0.15, 0.2) is 0 Å². The van der Waals surface area contributed by atoms with Gasteiger partial charge in [-0.3, -0.25) is 38.6 Å². The number of rotatable bonds is 11. The molecule has 0 radical (unpaired) electrons. The van der Waals surface area contributed by atoms with Crippen LogP contribution in [0.5, 0.6) is 0 Å². The van der Waals surface area contributed by atoms with E-state index in [9.17, 15) is 28.8 Å². The minimum absolute atomic E-state index is 0. The lowest BCUT2D eigenvalue weighted by Gasteiger charge is -2.20. The van der Waals surface area contributed by atoms with E-state index < -0.39 is 0 Å². The predicted molar refractivity (Wildman–Crippen MR) is 161 cm³/mol.